The minimum atomic E-state index is -0.536. The zero-order valence-corrected chi connectivity index (χ0v) is 11.2. The molecule has 1 aromatic heterocycles. The maximum atomic E-state index is 14.1. The number of aromatic nitrogens is 2. The summed E-state index contributed by atoms with van der Waals surface area (Å²) >= 11 is 5.97. The van der Waals surface area contributed by atoms with Gasteiger partial charge in [-0.15, -0.1) is 10.2 Å². The molecule has 0 radical (unpaired) electrons. The first-order chi connectivity index (χ1) is 9.58. The Hall–Kier alpha value is -2.07. The monoisotopic (exact) mass is 290 g/mol. The van der Waals surface area contributed by atoms with Crippen LogP contribution in [-0.2, 0) is 0 Å². The van der Waals surface area contributed by atoms with Gasteiger partial charge in [-0.3, -0.25) is 0 Å². The number of rotatable bonds is 1. The second-order valence-corrected chi connectivity index (χ2v) is 4.82. The molecule has 2 aromatic carbocycles. The van der Waals surface area contributed by atoms with Crippen LogP contribution in [0.2, 0.25) is 5.15 Å². The Morgan fingerprint density at radius 2 is 1.65 bits per heavy atom. The molecule has 3 rings (SSSR count). The van der Waals surface area contributed by atoms with Gasteiger partial charge in [0.2, 0.25) is 0 Å². The predicted octanol–water partition coefficient (Wildman–Crippen LogP) is 4.54. The van der Waals surface area contributed by atoms with Crippen LogP contribution in [0, 0.1) is 18.6 Å². The topological polar surface area (TPSA) is 25.8 Å². The molecule has 0 saturated heterocycles. The number of nitrogens with zero attached hydrogens (tertiary/aromatic N) is 2. The standard InChI is InChI=1S/C15H9ClF2N2/c1-8-6-13(18)11(7-12(8)17)14-9-4-2-3-5-10(9)15(16)20-19-14/h2-7H,1H3. The van der Waals surface area contributed by atoms with E-state index in [1.165, 1.54) is 6.92 Å². The minimum Gasteiger partial charge on any atom is -0.207 e. The molecule has 0 aliphatic rings. The average molecular weight is 291 g/mol. The van der Waals surface area contributed by atoms with Gasteiger partial charge < -0.3 is 0 Å². The Kier molecular flexibility index (Phi) is 3.10. The summed E-state index contributed by atoms with van der Waals surface area (Å²) in [5, 5.41) is 9.24. The minimum absolute atomic E-state index is 0.0773. The summed E-state index contributed by atoms with van der Waals surface area (Å²) in [6, 6.07) is 9.38. The molecule has 0 bridgehead atoms. The fraction of sp³-hybridized carbons (Fsp3) is 0.0667. The highest BCUT2D eigenvalue weighted by Crippen LogP contribution is 2.31. The van der Waals surface area contributed by atoms with Crippen LogP contribution >= 0.6 is 11.6 Å². The number of aryl methyl sites for hydroxylation is 1. The van der Waals surface area contributed by atoms with Gasteiger partial charge in [0.15, 0.2) is 5.15 Å². The fourth-order valence-corrected chi connectivity index (χ4v) is 2.30. The Bertz CT molecular complexity index is 818. The van der Waals surface area contributed by atoms with Crippen molar-refractivity contribution < 1.29 is 8.78 Å². The van der Waals surface area contributed by atoms with E-state index in [0.717, 1.165) is 12.1 Å². The third-order valence-corrected chi connectivity index (χ3v) is 3.42. The largest absolute Gasteiger partial charge is 0.207 e. The van der Waals surface area contributed by atoms with E-state index in [-0.39, 0.29) is 22.0 Å². The molecule has 0 aliphatic carbocycles. The summed E-state index contributed by atoms with van der Waals surface area (Å²) < 4.78 is 27.8. The summed E-state index contributed by atoms with van der Waals surface area (Å²) in [6.45, 7) is 1.51. The molecule has 0 unspecified atom stereocenters. The van der Waals surface area contributed by atoms with Crippen LogP contribution in [0.4, 0.5) is 8.78 Å². The Labute approximate surface area is 119 Å². The van der Waals surface area contributed by atoms with E-state index in [4.69, 9.17) is 11.6 Å². The van der Waals surface area contributed by atoms with Crippen LogP contribution in [0.25, 0.3) is 22.0 Å². The highest BCUT2D eigenvalue weighted by atomic mass is 35.5. The van der Waals surface area contributed by atoms with Crippen molar-refractivity contribution in [2.75, 3.05) is 0 Å². The van der Waals surface area contributed by atoms with E-state index in [1.807, 2.05) is 0 Å². The Morgan fingerprint density at radius 3 is 2.40 bits per heavy atom. The van der Waals surface area contributed by atoms with Gasteiger partial charge >= 0.3 is 0 Å². The van der Waals surface area contributed by atoms with Crippen molar-refractivity contribution in [3.63, 3.8) is 0 Å². The number of hydrogen-bond acceptors (Lipinski definition) is 2. The molecular weight excluding hydrogens is 282 g/mol. The van der Waals surface area contributed by atoms with Crippen molar-refractivity contribution >= 4 is 22.4 Å². The summed E-state index contributed by atoms with van der Waals surface area (Å²) in [5.74, 6) is -1.02. The second-order valence-electron chi connectivity index (χ2n) is 4.47. The molecule has 0 atom stereocenters. The summed E-state index contributed by atoms with van der Waals surface area (Å²) in [7, 11) is 0. The predicted molar refractivity (Wildman–Crippen MR) is 74.6 cm³/mol. The van der Waals surface area contributed by atoms with Crippen LogP contribution in [0.1, 0.15) is 5.56 Å². The lowest BCUT2D eigenvalue weighted by Crippen LogP contribution is -1.96. The van der Waals surface area contributed by atoms with Gasteiger partial charge in [-0.25, -0.2) is 8.78 Å². The smallest absolute Gasteiger partial charge is 0.159 e. The molecule has 2 nitrogen and oxygen atoms in total. The Balaban J connectivity index is 2.36. The molecule has 5 heteroatoms. The maximum Gasteiger partial charge on any atom is 0.159 e. The molecule has 0 amide bonds. The number of hydrogen-bond donors (Lipinski definition) is 0. The van der Waals surface area contributed by atoms with E-state index in [0.29, 0.717) is 10.8 Å². The number of halogens is 3. The van der Waals surface area contributed by atoms with E-state index >= 15 is 0 Å². The van der Waals surface area contributed by atoms with E-state index in [9.17, 15) is 8.78 Å². The Morgan fingerprint density at radius 1 is 0.950 bits per heavy atom. The third-order valence-electron chi connectivity index (χ3n) is 3.15. The molecule has 0 fully saturated rings. The molecule has 3 aromatic rings. The quantitative estimate of drug-likeness (QED) is 0.658. The normalized spacial score (nSPS) is 11.0. The van der Waals surface area contributed by atoms with Gasteiger partial charge in [0.1, 0.15) is 17.3 Å². The van der Waals surface area contributed by atoms with Crippen LogP contribution in [0.15, 0.2) is 36.4 Å². The highest BCUT2D eigenvalue weighted by Gasteiger charge is 2.15. The highest BCUT2D eigenvalue weighted by molar-refractivity contribution is 6.34. The molecule has 1 heterocycles. The van der Waals surface area contributed by atoms with Crippen molar-refractivity contribution in [2.24, 2.45) is 0 Å². The van der Waals surface area contributed by atoms with Crippen LogP contribution in [-0.4, -0.2) is 10.2 Å². The van der Waals surface area contributed by atoms with Crippen molar-refractivity contribution in [3.05, 3.63) is 58.7 Å². The zero-order valence-electron chi connectivity index (χ0n) is 10.5. The molecule has 20 heavy (non-hydrogen) atoms. The van der Waals surface area contributed by atoms with Gasteiger partial charge in [-0.1, -0.05) is 35.9 Å². The van der Waals surface area contributed by atoms with Crippen LogP contribution in [0.5, 0.6) is 0 Å². The summed E-state index contributed by atoms with van der Waals surface area (Å²) in [6.07, 6.45) is 0. The summed E-state index contributed by atoms with van der Waals surface area (Å²) in [4.78, 5) is 0. The SMILES string of the molecule is Cc1cc(F)c(-c2nnc(Cl)c3ccccc23)cc1F. The molecule has 100 valence electrons. The average Bonchev–Trinajstić information content (AvgIpc) is 2.44. The molecular formula is C15H9ClF2N2. The van der Waals surface area contributed by atoms with Gasteiger partial charge in [0.25, 0.3) is 0 Å². The second kappa shape index (κ2) is 4.80. The zero-order chi connectivity index (χ0) is 14.3. The van der Waals surface area contributed by atoms with E-state index in [2.05, 4.69) is 10.2 Å². The van der Waals surface area contributed by atoms with E-state index in [1.54, 1.807) is 24.3 Å². The number of benzene rings is 2. The first kappa shape index (κ1) is 12.9. The van der Waals surface area contributed by atoms with Gasteiger partial charge in [0, 0.05) is 16.3 Å². The van der Waals surface area contributed by atoms with Gasteiger partial charge in [-0.2, -0.15) is 0 Å². The summed E-state index contributed by atoms with van der Waals surface area (Å²) in [5.41, 5.74) is 0.604. The molecule has 0 N–H and O–H groups in total. The lowest BCUT2D eigenvalue weighted by molar-refractivity contribution is 0.594. The first-order valence-corrected chi connectivity index (χ1v) is 6.32. The van der Waals surface area contributed by atoms with E-state index < -0.39 is 11.6 Å². The first-order valence-electron chi connectivity index (χ1n) is 5.95. The lowest BCUT2D eigenvalue weighted by atomic mass is 10.0. The van der Waals surface area contributed by atoms with Crippen molar-refractivity contribution in [2.45, 2.75) is 6.92 Å². The lowest BCUT2D eigenvalue weighted by Gasteiger charge is -2.08. The van der Waals surface area contributed by atoms with Crippen LogP contribution < -0.4 is 0 Å². The molecule has 0 spiro atoms. The van der Waals surface area contributed by atoms with Gasteiger partial charge in [-0.05, 0) is 24.6 Å². The van der Waals surface area contributed by atoms with Crippen LogP contribution in [0.3, 0.4) is 0 Å². The van der Waals surface area contributed by atoms with Crippen molar-refractivity contribution in [1.82, 2.24) is 10.2 Å². The van der Waals surface area contributed by atoms with Crippen molar-refractivity contribution in [1.29, 1.82) is 0 Å². The fourth-order valence-electron chi connectivity index (χ4n) is 2.10. The number of fused-ring (bicyclic) bond motifs is 1. The molecule has 0 saturated carbocycles. The molecule has 0 aliphatic heterocycles. The maximum absolute atomic E-state index is 14.1. The van der Waals surface area contributed by atoms with Crippen molar-refractivity contribution in [3.8, 4) is 11.3 Å². The third kappa shape index (κ3) is 2.02. The van der Waals surface area contributed by atoms with Gasteiger partial charge in [0.05, 0.1) is 0 Å².